The topological polar surface area (TPSA) is 0 Å². The average Bonchev–Trinajstić information content (AvgIpc) is 2.28. The quantitative estimate of drug-likeness (QED) is 0.438. The van der Waals surface area contributed by atoms with Crippen LogP contribution < -0.4 is 0 Å². The molecule has 0 bridgehead atoms. The van der Waals surface area contributed by atoms with Crippen LogP contribution in [0.1, 0.15) is 5.56 Å². The first-order chi connectivity index (χ1) is 8.40. The van der Waals surface area contributed by atoms with Crippen LogP contribution in [0.3, 0.4) is 0 Å². The van der Waals surface area contributed by atoms with E-state index in [4.69, 9.17) is 0 Å². The lowest BCUT2D eigenvalue weighted by Crippen LogP contribution is -2.39. The zero-order valence-electron chi connectivity index (χ0n) is 8.49. The molecule has 0 heterocycles. The van der Waals surface area contributed by atoms with Gasteiger partial charge in [0.05, 0.1) is 6.42 Å². The largest absolute Gasteiger partial charge is 0.453 e. The molecule has 0 atom stereocenters. The molecule has 0 fully saturated rings. The zero-order chi connectivity index (χ0) is 15.2. The number of benzene rings is 1. The highest BCUT2D eigenvalue weighted by atomic mass is 19.4. The highest BCUT2D eigenvalue weighted by Crippen LogP contribution is 2.39. The molecule has 0 radical (unpaired) electrons. The van der Waals surface area contributed by atoms with E-state index in [1.54, 1.807) is 0 Å². The van der Waals surface area contributed by atoms with E-state index in [0.717, 1.165) is 0 Å². The van der Waals surface area contributed by atoms with Crippen molar-refractivity contribution in [1.29, 1.82) is 0 Å². The molecule has 0 saturated carbocycles. The zero-order valence-corrected chi connectivity index (χ0v) is 8.49. The summed E-state index contributed by atoms with van der Waals surface area (Å²) in [6.45, 7) is 0. The monoisotopic (exact) mass is 300 g/mol. The van der Waals surface area contributed by atoms with Crippen LogP contribution in [0.25, 0.3) is 0 Å². The number of hydrogen-bond donors (Lipinski definition) is 0. The lowest BCUT2D eigenvalue weighted by Gasteiger charge is -2.20. The van der Waals surface area contributed by atoms with Crippen LogP contribution >= 0.6 is 0 Å². The van der Waals surface area contributed by atoms with Crippen LogP contribution in [0.15, 0.2) is 0 Å². The third-order valence-electron chi connectivity index (χ3n) is 2.11. The van der Waals surface area contributed by atoms with Crippen molar-refractivity contribution in [1.82, 2.24) is 0 Å². The average molecular weight is 300 g/mol. The normalized spacial score (nSPS) is 12.9. The molecule has 108 valence electrons. The standard InChI is InChI=1S/C9H2F10/c10-3-2(1-8(15,16)9(17,18)19)4(11)6(13)7(14)5(3)12/h1H2. The van der Waals surface area contributed by atoms with Gasteiger partial charge in [0.1, 0.15) is 0 Å². The minimum atomic E-state index is -6.19. The Morgan fingerprint density at radius 2 is 0.895 bits per heavy atom. The summed E-state index contributed by atoms with van der Waals surface area (Å²) < 4.78 is 124. The molecule has 0 aliphatic heterocycles. The highest BCUT2D eigenvalue weighted by molar-refractivity contribution is 5.25. The van der Waals surface area contributed by atoms with Crippen molar-refractivity contribution in [3.8, 4) is 0 Å². The van der Waals surface area contributed by atoms with Crippen LogP contribution in [0.4, 0.5) is 43.9 Å². The van der Waals surface area contributed by atoms with Crippen molar-refractivity contribution in [3.05, 3.63) is 34.6 Å². The first-order valence-electron chi connectivity index (χ1n) is 4.35. The summed E-state index contributed by atoms with van der Waals surface area (Å²) in [5.41, 5.74) is -2.22. The minimum absolute atomic E-state index is 2.22. The van der Waals surface area contributed by atoms with E-state index in [1.807, 2.05) is 0 Å². The second-order valence-electron chi connectivity index (χ2n) is 3.43. The summed E-state index contributed by atoms with van der Waals surface area (Å²) in [5, 5.41) is 0. The summed E-state index contributed by atoms with van der Waals surface area (Å²) in [6, 6.07) is 0. The first-order valence-corrected chi connectivity index (χ1v) is 4.35. The fourth-order valence-electron chi connectivity index (χ4n) is 1.13. The molecule has 0 N–H and O–H groups in total. The van der Waals surface area contributed by atoms with Crippen LogP contribution in [-0.4, -0.2) is 12.1 Å². The molecule has 0 aliphatic carbocycles. The third-order valence-corrected chi connectivity index (χ3v) is 2.11. The molecule has 1 aromatic rings. The Morgan fingerprint density at radius 1 is 0.579 bits per heavy atom. The Morgan fingerprint density at radius 3 is 1.21 bits per heavy atom. The van der Waals surface area contributed by atoms with E-state index in [0.29, 0.717) is 0 Å². The molecule has 0 unspecified atom stereocenters. The summed E-state index contributed by atoms with van der Waals surface area (Å²) in [5.74, 6) is -18.9. The van der Waals surface area contributed by atoms with E-state index >= 15 is 0 Å². The molecule has 0 aliphatic rings. The van der Waals surface area contributed by atoms with Crippen molar-refractivity contribution < 1.29 is 43.9 Å². The van der Waals surface area contributed by atoms with E-state index in [-0.39, 0.29) is 0 Å². The highest BCUT2D eigenvalue weighted by Gasteiger charge is 2.58. The van der Waals surface area contributed by atoms with Gasteiger partial charge in [-0.1, -0.05) is 0 Å². The summed E-state index contributed by atoms with van der Waals surface area (Å²) in [4.78, 5) is 0. The van der Waals surface area contributed by atoms with Gasteiger partial charge in [-0.05, 0) is 0 Å². The maximum absolute atomic E-state index is 12.9. The van der Waals surface area contributed by atoms with Crippen molar-refractivity contribution in [2.24, 2.45) is 0 Å². The maximum atomic E-state index is 12.9. The van der Waals surface area contributed by atoms with Crippen molar-refractivity contribution >= 4 is 0 Å². The summed E-state index contributed by atoms with van der Waals surface area (Å²) in [7, 11) is 0. The summed E-state index contributed by atoms with van der Waals surface area (Å²) >= 11 is 0. The van der Waals surface area contributed by atoms with E-state index in [9.17, 15) is 43.9 Å². The van der Waals surface area contributed by atoms with Crippen LogP contribution in [0, 0.1) is 29.1 Å². The Balaban J connectivity index is 3.39. The van der Waals surface area contributed by atoms with Crippen LogP contribution in [-0.2, 0) is 6.42 Å². The van der Waals surface area contributed by atoms with Crippen molar-refractivity contribution in [2.75, 3.05) is 0 Å². The van der Waals surface area contributed by atoms with Gasteiger partial charge in [-0.15, -0.1) is 0 Å². The Bertz CT molecular complexity index is 472. The first kappa shape index (κ1) is 15.6. The lowest BCUT2D eigenvalue weighted by atomic mass is 10.0. The Labute approximate surface area is 98.2 Å². The predicted molar refractivity (Wildman–Crippen MR) is 40.9 cm³/mol. The molecule has 0 nitrogen and oxygen atoms in total. The second kappa shape index (κ2) is 4.57. The number of hydrogen-bond acceptors (Lipinski definition) is 0. The number of halogens is 10. The van der Waals surface area contributed by atoms with Gasteiger partial charge in [-0.2, -0.15) is 22.0 Å². The van der Waals surface area contributed by atoms with Gasteiger partial charge < -0.3 is 0 Å². The smallest absolute Gasteiger partial charge is 0.203 e. The Hall–Kier alpha value is -1.48. The van der Waals surface area contributed by atoms with Gasteiger partial charge in [0, 0.05) is 5.56 Å². The predicted octanol–water partition coefficient (Wildman–Crippen LogP) is 4.12. The van der Waals surface area contributed by atoms with Gasteiger partial charge in [-0.3, -0.25) is 0 Å². The Kier molecular flexibility index (Phi) is 3.74. The molecule has 0 spiro atoms. The molecule has 10 heteroatoms. The molecule has 0 saturated heterocycles. The lowest BCUT2D eigenvalue weighted by molar-refractivity contribution is -0.281. The summed E-state index contributed by atoms with van der Waals surface area (Å²) in [6.07, 6.45) is -8.88. The molecule has 0 aromatic heterocycles. The van der Waals surface area contributed by atoms with Crippen molar-refractivity contribution in [3.63, 3.8) is 0 Å². The fraction of sp³-hybridized carbons (Fsp3) is 0.333. The van der Waals surface area contributed by atoms with E-state index in [2.05, 4.69) is 0 Å². The second-order valence-corrected chi connectivity index (χ2v) is 3.43. The van der Waals surface area contributed by atoms with Gasteiger partial charge in [0.2, 0.25) is 5.82 Å². The molecule has 0 amide bonds. The van der Waals surface area contributed by atoms with E-state index < -0.39 is 53.2 Å². The molecule has 1 rings (SSSR count). The molecule has 1 aromatic carbocycles. The molecular weight excluding hydrogens is 298 g/mol. The van der Waals surface area contributed by atoms with Gasteiger partial charge in [0.25, 0.3) is 0 Å². The van der Waals surface area contributed by atoms with E-state index in [1.165, 1.54) is 0 Å². The number of rotatable bonds is 2. The maximum Gasteiger partial charge on any atom is 0.453 e. The van der Waals surface area contributed by atoms with Gasteiger partial charge >= 0.3 is 12.1 Å². The van der Waals surface area contributed by atoms with Gasteiger partial charge in [0.15, 0.2) is 23.3 Å². The molecule has 19 heavy (non-hydrogen) atoms. The minimum Gasteiger partial charge on any atom is -0.203 e. The van der Waals surface area contributed by atoms with Crippen LogP contribution in [0.2, 0.25) is 0 Å². The third kappa shape index (κ3) is 2.61. The van der Waals surface area contributed by atoms with Crippen molar-refractivity contribution in [2.45, 2.75) is 18.5 Å². The van der Waals surface area contributed by atoms with Gasteiger partial charge in [-0.25, -0.2) is 22.0 Å². The van der Waals surface area contributed by atoms with Crippen LogP contribution in [0.5, 0.6) is 0 Å². The molecular formula is C9H2F10. The SMILES string of the molecule is Fc1c(F)c(F)c(CC(F)(F)C(F)(F)F)c(F)c1F. The fourth-order valence-corrected chi connectivity index (χ4v) is 1.13. The number of alkyl halides is 5.